The Labute approximate surface area is 90.5 Å². The van der Waals surface area contributed by atoms with Crippen molar-refractivity contribution < 1.29 is 4.74 Å². The maximum absolute atomic E-state index is 6.06. The number of hydrogen-bond acceptors (Lipinski definition) is 4. The van der Waals surface area contributed by atoms with Gasteiger partial charge in [-0.1, -0.05) is 11.6 Å². The van der Waals surface area contributed by atoms with Gasteiger partial charge in [0, 0.05) is 6.07 Å². The van der Waals surface area contributed by atoms with Gasteiger partial charge in [0.15, 0.2) is 0 Å². The molecule has 14 heavy (non-hydrogen) atoms. The topological polar surface area (TPSA) is 48.1 Å². The average molecular weight is 229 g/mol. The molecule has 0 fully saturated rings. The number of anilines is 1. The SMILES string of the molecule is COc1cc(N)c(Cl)c2sc(C)nc12. The van der Waals surface area contributed by atoms with Crippen LogP contribution >= 0.6 is 22.9 Å². The summed E-state index contributed by atoms with van der Waals surface area (Å²) < 4.78 is 6.07. The van der Waals surface area contributed by atoms with Crippen LogP contribution in [0.3, 0.4) is 0 Å². The summed E-state index contributed by atoms with van der Waals surface area (Å²) in [6, 6.07) is 1.70. The zero-order chi connectivity index (χ0) is 10.3. The van der Waals surface area contributed by atoms with E-state index in [0.717, 1.165) is 15.2 Å². The lowest BCUT2D eigenvalue weighted by atomic mass is 10.3. The fourth-order valence-electron chi connectivity index (χ4n) is 1.30. The minimum Gasteiger partial charge on any atom is -0.494 e. The van der Waals surface area contributed by atoms with Gasteiger partial charge in [-0.2, -0.15) is 0 Å². The fraction of sp³-hybridized carbons (Fsp3) is 0.222. The molecular weight excluding hydrogens is 220 g/mol. The zero-order valence-corrected chi connectivity index (χ0v) is 9.37. The lowest BCUT2D eigenvalue weighted by Crippen LogP contribution is -1.90. The molecule has 2 rings (SSSR count). The largest absolute Gasteiger partial charge is 0.494 e. The number of aryl methyl sites for hydroxylation is 1. The van der Waals surface area contributed by atoms with Crippen molar-refractivity contribution in [3.05, 3.63) is 16.1 Å². The monoisotopic (exact) mass is 228 g/mol. The quantitative estimate of drug-likeness (QED) is 0.764. The number of nitrogen functional groups attached to an aromatic ring is 1. The van der Waals surface area contributed by atoms with Crippen molar-refractivity contribution in [3.63, 3.8) is 0 Å². The van der Waals surface area contributed by atoms with Crippen LogP contribution in [-0.4, -0.2) is 12.1 Å². The second-order valence-corrected chi connectivity index (χ2v) is 4.47. The first-order valence-corrected chi connectivity index (χ1v) is 5.22. The molecule has 0 aliphatic rings. The van der Waals surface area contributed by atoms with Gasteiger partial charge in [0.1, 0.15) is 11.3 Å². The second-order valence-electron chi connectivity index (χ2n) is 2.89. The Morgan fingerprint density at radius 2 is 2.29 bits per heavy atom. The van der Waals surface area contributed by atoms with Crippen LogP contribution in [0.5, 0.6) is 5.75 Å². The van der Waals surface area contributed by atoms with E-state index in [2.05, 4.69) is 4.98 Å². The minimum absolute atomic E-state index is 0.527. The van der Waals surface area contributed by atoms with E-state index in [1.165, 1.54) is 11.3 Å². The normalized spacial score (nSPS) is 10.8. The molecule has 0 amide bonds. The Morgan fingerprint density at radius 3 is 2.93 bits per heavy atom. The predicted octanol–water partition coefficient (Wildman–Crippen LogP) is 2.85. The lowest BCUT2D eigenvalue weighted by molar-refractivity contribution is 0.419. The molecule has 1 aromatic heterocycles. The summed E-state index contributed by atoms with van der Waals surface area (Å²) in [6.07, 6.45) is 0. The van der Waals surface area contributed by atoms with Crippen molar-refractivity contribution in [1.29, 1.82) is 0 Å². The third-order valence-corrected chi connectivity index (χ3v) is 3.43. The van der Waals surface area contributed by atoms with Gasteiger partial charge in [-0.05, 0) is 6.92 Å². The summed E-state index contributed by atoms with van der Waals surface area (Å²) in [7, 11) is 1.59. The molecule has 0 aliphatic carbocycles. The van der Waals surface area contributed by atoms with Crippen molar-refractivity contribution in [2.45, 2.75) is 6.92 Å². The van der Waals surface area contributed by atoms with Crippen LogP contribution in [0, 0.1) is 6.92 Å². The van der Waals surface area contributed by atoms with Gasteiger partial charge in [-0.3, -0.25) is 0 Å². The Kier molecular flexibility index (Phi) is 2.25. The molecule has 0 saturated heterocycles. The van der Waals surface area contributed by atoms with Gasteiger partial charge >= 0.3 is 0 Å². The first kappa shape index (κ1) is 9.55. The fourth-order valence-corrected chi connectivity index (χ4v) is 2.44. The molecule has 2 aromatic rings. The molecule has 0 bridgehead atoms. The van der Waals surface area contributed by atoms with E-state index in [0.29, 0.717) is 16.5 Å². The molecule has 0 aliphatic heterocycles. The smallest absolute Gasteiger partial charge is 0.148 e. The van der Waals surface area contributed by atoms with Crippen LogP contribution in [0.15, 0.2) is 6.07 Å². The highest BCUT2D eigenvalue weighted by Crippen LogP contribution is 2.38. The third kappa shape index (κ3) is 1.31. The van der Waals surface area contributed by atoms with Gasteiger partial charge in [0.25, 0.3) is 0 Å². The van der Waals surface area contributed by atoms with Crippen molar-refractivity contribution >= 4 is 38.8 Å². The van der Waals surface area contributed by atoms with E-state index in [-0.39, 0.29) is 0 Å². The number of thiazole rings is 1. The molecule has 0 spiro atoms. The van der Waals surface area contributed by atoms with Gasteiger partial charge in [0.2, 0.25) is 0 Å². The van der Waals surface area contributed by atoms with Crippen molar-refractivity contribution in [2.24, 2.45) is 0 Å². The number of hydrogen-bond donors (Lipinski definition) is 1. The first-order valence-electron chi connectivity index (χ1n) is 4.02. The van der Waals surface area contributed by atoms with E-state index >= 15 is 0 Å². The molecule has 1 heterocycles. The Bertz CT molecular complexity index is 495. The van der Waals surface area contributed by atoms with Gasteiger partial charge in [-0.25, -0.2) is 4.98 Å². The molecule has 0 radical (unpaired) electrons. The summed E-state index contributed by atoms with van der Waals surface area (Å²) in [5.74, 6) is 0.672. The molecule has 5 heteroatoms. The van der Waals surface area contributed by atoms with Crippen LogP contribution < -0.4 is 10.5 Å². The summed E-state index contributed by atoms with van der Waals surface area (Å²) in [5, 5.41) is 1.51. The number of methoxy groups -OCH3 is 1. The predicted molar refractivity (Wildman–Crippen MR) is 60.3 cm³/mol. The molecule has 0 atom stereocenters. The number of rotatable bonds is 1. The number of nitrogens with zero attached hydrogens (tertiary/aromatic N) is 1. The minimum atomic E-state index is 0.527. The highest BCUT2D eigenvalue weighted by Gasteiger charge is 2.13. The summed E-state index contributed by atoms with van der Waals surface area (Å²) in [5.41, 5.74) is 7.05. The summed E-state index contributed by atoms with van der Waals surface area (Å²) >= 11 is 7.58. The molecule has 1 aromatic carbocycles. The number of fused-ring (bicyclic) bond motifs is 1. The van der Waals surface area contributed by atoms with Crippen LogP contribution in [0.4, 0.5) is 5.69 Å². The molecule has 0 unspecified atom stereocenters. The maximum Gasteiger partial charge on any atom is 0.148 e. The molecular formula is C9H9ClN2OS. The van der Waals surface area contributed by atoms with Crippen LogP contribution in [0.1, 0.15) is 5.01 Å². The van der Waals surface area contributed by atoms with Crippen LogP contribution in [0.25, 0.3) is 10.2 Å². The van der Waals surface area contributed by atoms with Crippen molar-refractivity contribution in [2.75, 3.05) is 12.8 Å². The average Bonchev–Trinajstić information content (AvgIpc) is 2.54. The van der Waals surface area contributed by atoms with Crippen LogP contribution in [-0.2, 0) is 0 Å². The Morgan fingerprint density at radius 1 is 1.57 bits per heavy atom. The molecule has 0 saturated carbocycles. The number of benzene rings is 1. The first-order chi connectivity index (χ1) is 6.63. The number of nitrogens with two attached hydrogens (primary N) is 1. The van der Waals surface area contributed by atoms with Crippen LogP contribution in [0.2, 0.25) is 5.02 Å². The number of aromatic nitrogens is 1. The van der Waals surface area contributed by atoms with Gasteiger partial charge in [0.05, 0.1) is 27.5 Å². The highest BCUT2D eigenvalue weighted by atomic mass is 35.5. The second kappa shape index (κ2) is 3.29. The summed E-state index contributed by atoms with van der Waals surface area (Å²) in [6.45, 7) is 1.93. The Hall–Kier alpha value is -1.00. The van der Waals surface area contributed by atoms with E-state index in [9.17, 15) is 0 Å². The van der Waals surface area contributed by atoms with E-state index in [4.69, 9.17) is 22.1 Å². The van der Waals surface area contributed by atoms with E-state index in [1.54, 1.807) is 13.2 Å². The standard InChI is InChI=1S/C9H9ClN2OS/c1-4-12-8-6(13-2)3-5(11)7(10)9(8)14-4/h3H,11H2,1-2H3. The van der Waals surface area contributed by atoms with Gasteiger partial charge in [-0.15, -0.1) is 11.3 Å². The van der Waals surface area contributed by atoms with Crippen molar-refractivity contribution in [3.8, 4) is 5.75 Å². The van der Waals surface area contributed by atoms with Crippen molar-refractivity contribution in [1.82, 2.24) is 4.98 Å². The molecule has 74 valence electrons. The van der Waals surface area contributed by atoms with E-state index < -0.39 is 0 Å². The molecule has 2 N–H and O–H groups in total. The number of halogens is 1. The third-order valence-electron chi connectivity index (χ3n) is 1.93. The lowest BCUT2D eigenvalue weighted by Gasteiger charge is -2.04. The number of ether oxygens (including phenoxy) is 1. The highest BCUT2D eigenvalue weighted by molar-refractivity contribution is 7.19. The zero-order valence-electron chi connectivity index (χ0n) is 7.80. The van der Waals surface area contributed by atoms with E-state index in [1.807, 2.05) is 6.92 Å². The summed E-state index contributed by atoms with van der Waals surface area (Å²) in [4.78, 5) is 4.34. The Balaban J connectivity index is 2.88. The maximum atomic E-state index is 6.06. The molecule has 3 nitrogen and oxygen atoms in total. The van der Waals surface area contributed by atoms with Gasteiger partial charge < -0.3 is 10.5 Å².